The fraction of sp³-hybridized carbons (Fsp3) is 0.909. The quantitative estimate of drug-likeness (QED) is 0.735. The van der Waals surface area contributed by atoms with E-state index < -0.39 is 0 Å². The average Bonchev–Trinajstić information content (AvgIpc) is 2.81. The van der Waals surface area contributed by atoms with Gasteiger partial charge in [-0.15, -0.1) is 0 Å². The fourth-order valence-electron chi connectivity index (χ4n) is 2.55. The first kappa shape index (κ1) is 10.9. The van der Waals surface area contributed by atoms with E-state index in [-0.39, 0.29) is 18.1 Å². The van der Waals surface area contributed by atoms with Gasteiger partial charge >= 0.3 is 0 Å². The number of hydrogen-bond donors (Lipinski definition) is 1. The molecule has 1 amide bonds. The highest BCUT2D eigenvalue weighted by atomic mass is 16.5. The second-order valence-electron chi connectivity index (χ2n) is 4.62. The van der Waals surface area contributed by atoms with Gasteiger partial charge in [-0.25, -0.2) is 0 Å². The van der Waals surface area contributed by atoms with Crippen molar-refractivity contribution in [3.8, 4) is 0 Å². The van der Waals surface area contributed by atoms with E-state index in [2.05, 4.69) is 6.92 Å². The van der Waals surface area contributed by atoms with Gasteiger partial charge in [-0.2, -0.15) is 0 Å². The normalized spacial score (nSPS) is 36.5. The van der Waals surface area contributed by atoms with Crippen molar-refractivity contribution in [1.29, 1.82) is 0 Å². The summed E-state index contributed by atoms with van der Waals surface area (Å²) in [5, 5.41) is 0. The molecule has 0 bridgehead atoms. The molecule has 0 aromatic rings. The van der Waals surface area contributed by atoms with Gasteiger partial charge in [0, 0.05) is 31.5 Å². The number of amides is 1. The van der Waals surface area contributed by atoms with Crippen LogP contribution < -0.4 is 5.73 Å². The molecule has 0 aromatic carbocycles. The van der Waals surface area contributed by atoms with Crippen LogP contribution in [0.2, 0.25) is 0 Å². The van der Waals surface area contributed by atoms with Gasteiger partial charge < -0.3 is 15.4 Å². The van der Waals surface area contributed by atoms with Crippen molar-refractivity contribution in [2.45, 2.75) is 38.3 Å². The van der Waals surface area contributed by atoms with Crippen LogP contribution in [0.5, 0.6) is 0 Å². The van der Waals surface area contributed by atoms with E-state index in [0.717, 1.165) is 26.0 Å². The molecule has 0 saturated carbocycles. The van der Waals surface area contributed by atoms with Crippen molar-refractivity contribution in [2.75, 3.05) is 19.7 Å². The third-order valence-electron chi connectivity index (χ3n) is 3.66. The summed E-state index contributed by atoms with van der Waals surface area (Å²) >= 11 is 0. The molecule has 15 heavy (non-hydrogen) atoms. The number of hydrogen-bond acceptors (Lipinski definition) is 3. The molecule has 2 rings (SSSR count). The smallest absolute Gasteiger partial charge is 0.223 e. The van der Waals surface area contributed by atoms with Gasteiger partial charge in [-0.05, 0) is 26.3 Å². The zero-order valence-corrected chi connectivity index (χ0v) is 9.32. The molecule has 3 unspecified atom stereocenters. The molecule has 0 aliphatic carbocycles. The van der Waals surface area contributed by atoms with Crippen LogP contribution in [0.1, 0.15) is 26.2 Å². The first-order valence-electron chi connectivity index (χ1n) is 5.83. The minimum Gasteiger partial charge on any atom is -0.376 e. The van der Waals surface area contributed by atoms with Gasteiger partial charge in [-0.1, -0.05) is 0 Å². The molecule has 4 heteroatoms. The van der Waals surface area contributed by atoms with Crippen molar-refractivity contribution < 1.29 is 9.53 Å². The van der Waals surface area contributed by atoms with Gasteiger partial charge in [0.1, 0.15) is 0 Å². The van der Waals surface area contributed by atoms with Crippen LogP contribution in [0.4, 0.5) is 0 Å². The monoisotopic (exact) mass is 212 g/mol. The largest absolute Gasteiger partial charge is 0.376 e. The highest BCUT2D eigenvalue weighted by Crippen LogP contribution is 2.26. The molecule has 4 nitrogen and oxygen atoms in total. The number of carbonyl (C=O) groups excluding carboxylic acids is 1. The second kappa shape index (κ2) is 4.49. The Balaban J connectivity index is 1.93. The molecule has 0 spiro atoms. The van der Waals surface area contributed by atoms with E-state index in [1.807, 2.05) is 4.90 Å². The maximum Gasteiger partial charge on any atom is 0.223 e. The summed E-state index contributed by atoms with van der Waals surface area (Å²) in [4.78, 5) is 13.7. The van der Waals surface area contributed by atoms with E-state index in [0.29, 0.717) is 18.9 Å². The zero-order chi connectivity index (χ0) is 10.8. The lowest BCUT2D eigenvalue weighted by Gasteiger charge is -2.26. The zero-order valence-electron chi connectivity index (χ0n) is 9.32. The maximum atomic E-state index is 11.8. The Labute approximate surface area is 90.8 Å². The summed E-state index contributed by atoms with van der Waals surface area (Å²) in [6.45, 7) is 4.31. The summed E-state index contributed by atoms with van der Waals surface area (Å²) in [5.74, 6) is 0.576. The van der Waals surface area contributed by atoms with Crippen LogP contribution >= 0.6 is 0 Å². The van der Waals surface area contributed by atoms with Crippen LogP contribution in [0.15, 0.2) is 0 Å². The summed E-state index contributed by atoms with van der Waals surface area (Å²) < 4.78 is 5.56. The van der Waals surface area contributed by atoms with Crippen LogP contribution in [0, 0.1) is 5.92 Å². The number of ether oxygens (including phenoxy) is 1. The lowest BCUT2D eigenvalue weighted by atomic mass is 10.0. The van der Waals surface area contributed by atoms with Gasteiger partial charge in [0.05, 0.1) is 6.10 Å². The molecule has 2 fully saturated rings. The number of carbonyl (C=O) groups is 1. The number of likely N-dealkylation sites (tertiary alicyclic amines) is 1. The van der Waals surface area contributed by atoms with Gasteiger partial charge in [0.15, 0.2) is 0 Å². The van der Waals surface area contributed by atoms with Crippen molar-refractivity contribution >= 4 is 5.91 Å². The van der Waals surface area contributed by atoms with Crippen LogP contribution in [-0.4, -0.2) is 42.6 Å². The Bertz CT molecular complexity index is 239. The van der Waals surface area contributed by atoms with Gasteiger partial charge in [-0.3, -0.25) is 4.79 Å². The van der Waals surface area contributed by atoms with E-state index in [9.17, 15) is 4.79 Å². The second-order valence-corrected chi connectivity index (χ2v) is 4.62. The van der Waals surface area contributed by atoms with Crippen molar-refractivity contribution in [2.24, 2.45) is 11.7 Å². The summed E-state index contributed by atoms with van der Waals surface area (Å²) in [6.07, 6.45) is 3.09. The average molecular weight is 212 g/mol. The first-order chi connectivity index (χ1) is 7.22. The lowest BCUT2D eigenvalue weighted by Crippen LogP contribution is -2.39. The molecule has 86 valence electrons. The predicted molar refractivity (Wildman–Crippen MR) is 57.3 cm³/mol. The van der Waals surface area contributed by atoms with E-state index in [1.54, 1.807) is 0 Å². The third-order valence-corrected chi connectivity index (χ3v) is 3.66. The molecule has 2 aliphatic rings. The Morgan fingerprint density at radius 1 is 1.60 bits per heavy atom. The van der Waals surface area contributed by atoms with Crippen molar-refractivity contribution in [3.05, 3.63) is 0 Å². The third kappa shape index (κ3) is 2.16. The molecular formula is C11H20N2O2. The van der Waals surface area contributed by atoms with Gasteiger partial charge in [0.25, 0.3) is 0 Å². The molecular weight excluding hydrogens is 192 g/mol. The highest BCUT2D eigenvalue weighted by molar-refractivity contribution is 5.79. The fourth-order valence-corrected chi connectivity index (χ4v) is 2.55. The van der Waals surface area contributed by atoms with Crippen LogP contribution in [0.25, 0.3) is 0 Å². The summed E-state index contributed by atoms with van der Waals surface area (Å²) in [6, 6.07) is 0.284. The molecule has 0 radical (unpaired) electrons. The van der Waals surface area contributed by atoms with Crippen LogP contribution in [-0.2, 0) is 9.53 Å². The SMILES string of the molecule is CC1C(CN)CC(=O)N1CC1CCCO1. The molecule has 0 aromatic heterocycles. The Hall–Kier alpha value is -0.610. The van der Waals surface area contributed by atoms with Crippen LogP contribution in [0.3, 0.4) is 0 Å². The topological polar surface area (TPSA) is 55.6 Å². The predicted octanol–water partition coefficient (Wildman–Crippen LogP) is 0.361. The van der Waals surface area contributed by atoms with E-state index in [4.69, 9.17) is 10.5 Å². The Morgan fingerprint density at radius 3 is 2.93 bits per heavy atom. The molecule has 2 saturated heterocycles. The molecule has 3 atom stereocenters. The molecule has 2 heterocycles. The minimum absolute atomic E-state index is 0.244. The number of nitrogens with zero attached hydrogens (tertiary/aromatic N) is 1. The highest BCUT2D eigenvalue weighted by Gasteiger charge is 2.37. The van der Waals surface area contributed by atoms with Crippen molar-refractivity contribution in [1.82, 2.24) is 4.90 Å². The Morgan fingerprint density at radius 2 is 2.40 bits per heavy atom. The minimum atomic E-state index is 0.244. The standard InChI is InChI=1S/C11H20N2O2/c1-8-9(6-12)5-11(14)13(8)7-10-3-2-4-15-10/h8-10H,2-7,12H2,1H3. The maximum absolute atomic E-state index is 11.8. The lowest BCUT2D eigenvalue weighted by molar-refractivity contribution is -0.130. The van der Waals surface area contributed by atoms with Gasteiger partial charge in [0.2, 0.25) is 5.91 Å². The first-order valence-corrected chi connectivity index (χ1v) is 5.83. The number of nitrogens with two attached hydrogens (primary N) is 1. The summed E-state index contributed by atoms with van der Waals surface area (Å²) in [7, 11) is 0. The van der Waals surface area contributed by atoms with E-state index in [1.165, 1.54) is 0 Å². The number of rotatable bonds is 3. The molecule has 2 aliphatic heterocycles. The van der Waals surface area contributed by atoms with Crippen molar-refractivity contribution in [3.63, 3.8) is 0 Å². The summed E-state index contributed by atoms with van der Waals surface area (Å²) in [5.41, 5.74) is 5.65. The molecule has 2 N–H and O–H groups in total. The van der Waals surface area contributed by atoms with E-state index >= 15 is 0 Å². The Kier molecular flexibility index (Phi) is 3.26.